The monoisotopic (exact) mass is 124 g/mol. The largest absolute Gasteiger partial charge is 0.380 e. The summed E-state index contributed by atoms with van der Waals surface area (Å²) in [7, 11) is 1.82. The van der Waals surface area contributed by atoms with Crippen molar-refractivity contribution < 1.29 is 4.74 Å². The Morgan fingerprint density at radius 2 is 1.78 bits per heavy atom. The Labute approximate surface area is 55.7 Å². The van der Waals surface area contributed by atoms with Crippen molar-refractivity contribution in [2.45, 2.75) is 18.9 Å². The molecule has 1 heteroatoms. The summed E-state index contributed by atoms with van der Waals surface area (Å²) in [5, 5.41) is 0. The van der Waals surface area contributed by atoms with Gasteiger partial charge in [0, 0.05) is 18.9 Å². The fourth-order valence-corrected chi connectivity index (χ4v) is 2.08. The normalized spacial score (nSPS) is 46.6. The lowest BCUT2D eigenvalue weighted by Crippen LogP contribution is -2.15. The van der Waals surface area contributed by atoms with Crippen molar-refractivity contribution in [2.24, 2.45) is 11.8 Å². The number of fused-ring (bicyclic) bond motifs is 2. The Morgan fingerprint density at radius 1 is 1.22 bits per heavy atom. The van der Waals surface area contributed by atoms with Gasteiger partial charge in [0.15, 0.2) is 0 Å². The first kappa shape index (κ1) is 5.48. The van der Waals surface area contributed by atoms with Gasteiger partial charge in [-0.3, -0.25) is 0 Å². The number of rotatable bonds is 1. The zero-order valence-electron chi connectivity index (χ0n) is 5.71. The van der Waals surface area contributed by atoms with Crippen LogP contribution in [0.3, 0.4) is 0 Å². The van der Waals surface area contributed by atoms with E-state index < -0.39 is 0 Å². The Kier molecular flexibility index (Phi) is 1.12. The zero-order chi connectivity index (χ0) is 6.27. The third-order valence-electron chi connectivity index (χ3n) is 2.55. The summed E-state index contributed by atoms with van der Waals surface area (Å²) in [5.41, 5.74) is 0. The van der Waals surface area contributed by atoms with E-state index in [1.54, 1.807) is 0 Å². The molecule has 2 aliphatic carbocycles. The second-order valence-corrected chi connectivity index (χ2v) is 2.99. The predicted octanol–water partition coefficient (Wildman–Crippen LogP) is 1.60. The van der Waals surface area contributed by atoms with Crippen molar-refractivity contribution in [3.05, 3.63) is 12.2 Å². The Hall–Kier alpha value is -0.300. The summed E-state index contributed by atoms with van der Waals surface area (Å²) >= 11 is 0. The molecule has 0 aromatic carbocycles. The van der Waals surface area contributed by atoms with E-state index in [1.165, 1.54) is 12.8 Å². The molecule has 2 bridgehead atoms. The van der Waals surface area contributed by atoms with Crippen LogP contribution in [0.4, 0.5) is 0 Å². The molecule has 0 N–H and O–H groups in total. The van der Waals surface area contributed by atoms with Crippen molar-refractivity contribution in [1.29, 1.82) is 0 Å². The van der Waals surface area contributed by atoms with Gasteiger partial charge in [0.1, 0.15) is 0 Å². The van der Waals surface area contributed by atoms with Gasteiger partial charge in [0.25, 0.3) is 0 Å². The van der Waals surface area contributed by atoms with Gasteiger partial charge in [0.2, 0.25) is 0 Å². The average Bonchev–Trinajstić information content (AvgIpc) is 2.44. The maximum atomic E-state index is 5.34. The molecule has 0 spiro atoms. The highest BCUT2D eigenvalue weighted by Crippen LogP contribution is 2.40. The summed E-state index contributed by atoms with van der Waals surface area (Å²) in [6.45, 7) is 0. The summed E-state index contributed by atoms with van der Waals surface area (Å²) in [6.07, 6.45) is 7.84. The summed E-state index contributed by atoms with van der Waals surface area (Å²) in [6, 6.07) is 0. The minimum atomic E-state index is 0.532. The van der Waals surface area contributed by atoms with Crippen LogP contribution in [0.2, 0.25) is 0 Å². The molecule has 0 saturated heterocycles. The highest BCUT2D eigenvalue weighted by atomic mass is 16.5. The second-order valence-electron chi connectivity index (χ2n) is 2.99. The number of hydrogen-bond acceptors (Lipinski definition) is 1. The van der Waals surface area contributed by atoms with E-state index in [-0.39, 0.29) is 0 Å². The zero-order valence-corrected chi connectivity index (χ0v) is 5.71. The van der Waals surface area contributed by atoms with E-state index in [0.717, 1.165) is 11.8 Å². The quantitative estimate of drug-likeness (QED) is 0.482. The van der Waals surface area contributed by atoms with Crippen molar-refractivity contribution in [3.63, 3.8) is 0 Å². The summed E-state index contributed by atoms with van der Waals surface area (Å²) in [4.78, 5) is 0. The van der Waals surface area contributed by atoms with E-state index in [4.69, 9.17) is 4.74 Å². The molecule has 0 aromatic heterocycles. The molecule has 1 nitrogen and oxygen atoms in total. The van der Waals surface area contributed by atoms with Crippen LogP contribution in [0.5, 0.6) is 0 Å². The van der Waals surface area contributed by atoms with Crippen LogP contribution in [0, 0.1) is 11.8 Å². The van der Waals surface area contributed by atoms with E-state index in [1.807, 2.05) is 7.11 Å². The van der Waals surface area contributed by atoms with Crippen LogP contribution in [0.25, 0.3) is 0 Å². The van der Waals surface area contributed by atoms with Crippen LogP contribution in [-0.4, -0.2) is 13.2 Å². The molecular formula is C8H12O. The summed E-state index contributed by atoms with van der Waals surface area (Å²) < 4.78 is 5.34. The van der Waals surface area contributed by atoms with Crippen molar-refractivity contribution in [1.82, 2.24) is 0 Å². The van der Waals surface area contributed by atoms with Crippen LogP contribution in [0.1, 0.15) is 12.8 Å². The molecule has 0 radical (unpaired) electrons. The van der Waals surface area contributed by atoms with E-state index in [0.29, 0.717) is 6.10 Å². The molecule has 9 heavy (non-hydrogen) atoms. The first-order valence-corrected chi connectivity index (χ1v) is 3.63. The van der Waals surface area contributed by atoms with Crippen LogP contribution in [0.15, 0.2) is 12.2 Å². The van der Waals surface area contributed by atoms with E-state index in [9.17, 15) is 0 Å². The fourth-order valence-electron chi connectivity index (χ4n) is 2.08. The van der Waals surface area contributed by atoms with Crippen molar-refractivity contribution >= 4 is 0 Å². The Bertz CT molecular complexity index is 126. The van der Waals surface area contributed by atoms with Crippen LogP contribution in [-0.2, 0) is 4.74 Å². The van der Waals surface area contributed by atoms with Gasteiger partial charge in [-0.25, -0.2) is 0 Å². The van der Waals surface area contributed by atoms with Crippen molar-refractivity contribution in [2.75, 3.05) is 7.11 Å². The molecule has 0 aromatic rings. The fraction of sp³-hybridized carbons (Fsp3) is 0.750. The summed E-state index contributed by atoms with van der Waals surface area (Å²) in [5.74, 6) is 1.50. The Morgan fingerprint density at radius 3 is 2.00 bits per heavy atom. The van der Waals surface area contributed by atoms with Gasteiger partial charge < -0.3 is 4.74 Å². The lowest BCUT2D eigenvalue weighted by Gasteiger charge is -2.12. The third-order valence-corrected chi connectivity index (χ3v) is 2.55. The predicted molar refractivity (Wildman–Crippen MR) is 36.2 cm³/mol. The van der Waals surface area contributed by atoms with Gasteiger partial charge in [-0.1, -0.05) is 12.2 Å². The van der Waals surface area contributed by atoms with Gasteiger partial charge >= 0.3 is 0 Å². The lowest BCUT2D eigenvalue weighted by molar-refractivity contribution is 0.0734. The smallest absolute Gasteiger partial charge is 0.0696 e. The molecular weight excluding hydrogens is 112 g/mol. The second kappa shape index (κ2) is 1.84. The molecule has 50 valence electrons. The van der Waals surface area contributed by atoms with Crippen LogP contribution < -0.4 is 0 Å². The standard InChI is InChI=1S/C8H12O/c1-9-8-6-2-3-7(8)5-4-6/h2-3,6-8H,4-5H2,1H3. The van der Waals surface area contributed by atoms with Gasteiger partial charge in [-0.15, -0.1) is 0 Å². The Balaban J connectivity index is 2.15. The minimum Gasteiger partial charge on any atom is -0.380 e. The van der Waals surface area contributed by atoms with E-state index >= 15 is 0 Å². The SMILES string of the molecule is COC1C2C=CC1CC2. The maximum absolute atomic E-state index is 5.34. The molecule has 0 amide bonds. The number of ether oxygens (including phenoxy) is 1. The van der Waals surface area contributed by atoms with E-state index in [2.05, 4.69) is 12.2 Å². The van der Waals surface area contributed by atoms with Gasteiger partial charge in [-0.05, 0) is 12.8 Å². The maximum Gasteiger partial charge on any atom is 0.0696 e. The first-order chi connectivity index (χ1) is 4.42. The number of methoxy groups -OCH3 is 1. The lowest BCUT2D eigenvalue weighted by atomic mass is 10.1. The minimum absolute atomic E-state index is 0.532. The molecule has 1 fully saturated rings. The first-order valence-electron chi connectivity index (χ1n) is 3.63. The number of hydrogen-bond donors (Lipinski definition) is 0. The topological polar surface area (TPSA) is 9.23 Å². The molecule has 1 saturated carbocycles. The molecule has 0 heterocycles. The molecule has 2 atom stereocenters. The van der Waals surface area contributed by atoms with Crippen LogP contribution >= 0.6 is 0 Å². The highest BCUT2D eigenvalue weighted by Gasteiger charge is 2.37. The van der Waals surface area contributed by atoms with Crippen molar-refractivity contribution in [3.8, 4) is 0 Å². The average molecular weight is 124 g/mol. The molecule has 2 unspecified atom stereocenters. The van der Waals surface area contributed by atoms with Gasteiger partial charge in [-0.2, -0.15) is 0 Å². The van der Waals surface area contributed by atoms with Gasteiger partial charge in [0.05, 0.1) is 6.10 Å². The highest BCUT2D eigenvalue weighted by molar-refractivity contribution is 5.12. The third kappa shape index (κ3) is 0.645. The molecule has 2 aliphatic rings. The molecule has 2 rings (SSSR count). The molecule has 0 aliphatic heterocycles.